The van der Waals surface area contributed by atoms with Crippen molar-refractivity contribution in [3.63, 3.8) is 0 Å². The van der Waals surface area contributed by atoms with Crippen LogP contribution in [0.2, 0.25) is 0 Å². The second kappa shape index (κ2) is 5.86. The van der Waals surface area contributed by atoms with E-state index >= 15 is 0 Å². The van der Waals surface area contributed by atoms with Gasteiger partial charge in [0.15, 0.2) is 0 Å². The van der Waals surface area contributed by atoms with Crippen molar-refractivity contribution in [2.75, 3.05) is 0 Å². The molecule has 1 aromatic heterocycles. The van der Waals surface area contributed by atoms with E-state index in [0.29, 0.717) is 6.04 Å². The van der Waals surface area contributed by atoms with Crippen LogP contribution in [0.1, 0.15) is 50.9 Å². The monoisotopic (exact) mass is 276 g/mol. The molecule has 4 atom stereocenters. The minimum absolute atomic E-state index is 0.414. The normalized spacial score (nSPS) is 30.1. The Morgan fingerprint density at radius 3 is 2.80 bits per heavy atom. The van der Waals surface area contributed by atoms with Crippen LogP contribution in [0, 0.1) is 17.8 Å². The third-order valence-corrected chi connectivity index (χ3v) is 5.53. The van der Waals surface area contributed by atoms with Crippen LogP contribution in [0.4, 0.5) is 0 Å². The van der Waals surface area contributed by atoms with Gasteiger partial charge in [-0.2, -0.15) is 5.10 Å². The minimum Gasteiger partial charge on any atom is -0.271 e. The third kappa shape index (κ3) is 2.51. The summed E-state index contributed by atoms with van der Waals surface area (Å²) in [5.74, 6) is 8.53. The summed E-state index contributed by atoms with van der Waals surface area (Å²) in [7, 11) is 0. The molecular formula is C16H28N4. The molecule has 2 bridgehead atoms. The molecular weight excluding hydrogens is 248 g/mol. The van der Waals surface area contributed by atoms with Crippen molar-refractivity contribution in [2.45, 2.75) is 65.0 Å². The van der Waals surface area contributed by atoms with Crippen LogP contribution in [-0.2, 0) is 19.4 Å². The molecule has 0 spiro atoms. The molecule has 112 valence electrons. The fraction of sp³-hybridized carbons (Fsp3) is 0.812. The molecule has 3 N–H and O–H groups in total. The van der Waals surface area contributed by atoms with Crippen LogP contribution in [0.5, 0.6) is 0 Å². The zero-order valence-electron chi connectivity index (χ0n) is 12.8. The molecule has 4 unspecified atom stereocenters. The fourth-order valence-corrected chi connectivity index (χ4v) is 4.47. The highest BCUT2D eigenvalue weighted by Crippen LogP contribution is 2.49. The maximum atomic E-state index is 5.88. The Hall–Kier alpha value is -0.870. The molecule has 0 saturated heterocycles. The van der Waals surface area contributed by atoms with E-state index in [1.807, 2.05) is 0 Å². The Labute approximate surface area is 122 Å². The summed E-state index contributed by atoms with van der Waals surface area (Å²) < 4.78 is 2.15. The summed E-state index contributed by atoms with van der Waals surface area (Å²) in [4.78, 5) is 0. The standard InChI is InChI=1S/C16H28N4/c1-3-13-9-14(20(4-2)19-13)10-16(18-17)15-8-11-5-6-12(15)7-11/h9,11-12,15-16,18H,3-8,10,17H2,1-2H3. The van der Waals surface area contributed by atoms with Crippen molar-refractivity contribution in [1.29, 1.82) is 0 Å². The van der Waals surface area contributed by atoms with E-state index in [1.54, 1.807) is 0 Å². The van der Waals surface area contributed by atoms with Crippen LogP contribution in [-0.4, -0.2) is 15.8 Å². The predicted molar refractivity (Wildman–Crippen MR) is 81.0 cm³/mol. The third-order valence-electron chi connectivity index (χ3n) is 5.53. The average molecular weight is 276 g/mol. The smallest absolute Gasteiger partial charge is 0.0624 e. The highest BCUT2D eigenvalue weighted by molar-refractivity contribution is 5.13. The van der Waals surface area contributed by atoms with Crippen molar-refractivity contribution >= 4 is 0 Å². The quantitative estimate of drug-likeness (QED) is 0.619. The molecule has 0 aromatic carbocycles. The van der Waals surface area contributed by atoms with Gasteiger partial charge in [0.05, 0.1) is 5.69 Å². The van der Waals surface area contributed by atoms with Crippen LogP contribution in [0.15, 0.2) is 6.07 Å². The number of rotatable bonds is 6. The maximum absolute atomic E-state index is 5.88. The van der Waals surface area contributed by atoms with Crippen LogP contribution in [0.3, 0.4) is 0 Å². The molecule has 1 aromatic rings. The van der Waals surface area contributed by atoms with Gasteiger partial charge in [0.25, 0.3) is 0 Å². The van der Waals surface area contributed by atoms with Gasteiger partial charge in [-0.25, -0.2) is 0 Å². The number of nitrogens with one attached hydrogen (secondary N) is 1. The molecule has 1 heterocycles. The lowest BCUT2D eigenvalue weighted by molar-refractivity contribution is 0.245. The molecule has 3 rings (SSSR count). The fourth-order valence-electron chi connectivity index (χ4n) is 4.47. The number of aryl methyl sites for hydroxylation is 2. The first-order valence-electron chi connectivity index (χ1n) is 8.26. The molecule has 4 nitrogen and oxygen atoms in total. The van der Waals surface area contributed by atoms with Gasteiger partial charge < -0.3 is 0 Å². The number of fused-ring (bicyclic) bond motifs is 2. The largest absolute Gasteiger partial charge is 0.271 e. The van der Waals surface area contributed by atoms with Crippen molar-refractivity contribution in [1.82, 2.24) is 15.2 Å². The van der Waals surface area contributed by atoms with E-state index in [1.165, 1.54) is 37.1 Å². The van der Waals surface area contributed by atoms with Gasteiger partial charge in [-0.1, -0.05) is 13.3 Å². The lowest BCUT2D eigenvalue weighted by Crippen LogP contribution is -2.44. The zero-order chi connectivity index (χ0) is 14.1. The van der Waals surface area contributed by atoms with Gasteiger partial charge in [-0.3, -0.25) is 16.0 Å². The second-order valence-corrected chi connectivity index (χ2v) is 6.61. The lowest BCUT2D eigenvalue weighted by Gasteiger charge is -2.30. The predicted octanol–water partition coefficient (Wildman–Crippen LogP) is 2.28. The Bertz CT molecular complexity index is 453. The number of hydrazine groups is 1. The first-order valence-corrected chi connectivity index (χ1v) is 8.26. The molecule has 0 aliphatic heterocycles. The number of hydrogen-bond acceptors (Lipinski definition) is 3. The Morgan fingerprint density at radius 2 is 2.25 bits per heavy atom. The Kier molecular flexibility index (Phi) is 4.13. The van der Waals surface area contributed by atoms with Gasteiger partial charge in [0.1, 0.15) is 0 Å². The molecule has 2 aliphatic carbocycles. The summed E-state index contributed by atoms with van der Waals surface area (Å²) in [6, 6.07) is 2.68. The molecule has 4 heteroatoms. The lowest BCUT2D eigenvalue weighted by atomic mass is 9.82. The molecule has 2 saturated carbocycles. The molecule has 20 heavy (non-hydrogen) atoms. The maximum Gasteiger partial charge on any atom is 0.0624 e. The highest BCUT2D eigenvalue weighted by atomic mass is 15.3. The minimum atomic E-state index is 0.414. The van der Waals surface area contributed by atoms with Gasteiger partial charge in [0, 0.05) is 24.7 Å². The van der Waals surface area contributed by atoms with Crippen LogP contribution in [0.25, 0.3) is 0 Å². The van der Waals surface area contributed by atoms with Crippen LogP contribution >= 0.6 is 0 Å². The first-order chi connectivity index (χ1) is 9.75. The van der Waals surface area contributed by atoms with Gasteiger partial charge in [-0.05, 0) is 56.4 Å². The summed E-state index contributed by atoms with van der Waals surface area (Å²) >= 11 is 0. The van der Waals surface area contributed by atoms with Crippen molar-refractivity contribution in [3.8, 4) is 0 Å². The van der Waals surface area contributed by atoms with Gasteiger partial charge >= 0.3 is 0 Å². The molecule has 2 aliphatic rings. The first kappa shape index (κ1) is 14.1. The van der Waals surface area contributed by atoms with E-state index in [2.05, 4.69) is 35.1 Å². The Balaban J connectivity index is 1.73. The average Bonchev–Trinajstić information content (AvgIpc) is 3.18. The number of nitrogens with zero attached hydrogens (tertiary/aromatic N) is 2. The Morgan fingerprint density at radius 1 is 1.40 bits per heavy atom. The molecule has 0 amide bonds. The summed E-state index contributed by atoms with van der Waals surface area (Å²) in [5.41, 5.74) is 5.66. The topological polar surface area (TPSA) is 55.9 Å². The van der Waals surface area contributed by atoms with E-state index < -0.39 is 0 Å². The number of nitrogens with two attached hydrogens (primary N) is 1. The van der Waals surface area contributed by atoms with Gasteiger partial charge in [-0.15, -0.1) is 0 Å². The number of aromatic nitrogens is 2. The summed E-state index contributed by atoms with van der Waals surface area (Å²) in [5, 5.41) is 4.66. The SMILES string of the molecule is CCc1cc(CC(NN)C2CC3CCC2C3)n(CC)n1. The summed E-state index contributed by atoms with van der Waals surface area (Å²) in [6.07, 6.45) is 7.71. The van der Waals surface area contributed by atoms with Crippen LogP contribution < -0.4 is 11.3 Å². The van der Waals surface area contributed by atoms with Gasteiger partial charge in [0.2, 0.25) is 0 Å². The molecule has 2 fully saturated rings. The molecule has 0 radical (unpaired) electrons. The van der Waals surface area contributed by atoms with E-state index in [-0.39, 0.29) is 0 Å². The number of hydrogen-bond donors (Lipinski definition) is 2. The van der Waals surface area contributed by atoms with E-state index in [0.717, 1.165) is 37.1 Å². The zero-order valence-corrected chi connectivity index (χ0v) is 12.8. The van der Waals surface area contributed by atoms with Crippen molar-refractivity contribution < 1.29 is 0 Å². The highest BCUT2D eigenvalue weighted by Gasteiger charge is 2.42. The second-order valence-electron chi connectivity index (χ2n) is 6.61. The van der Waals surface area contributed by atoms with E-state index in [9.17, 15) is 0 Å². The summed E-state index contributed by atoms with van der Waals surface area (Å²) in [6.45, 7) is 5.28. The van der Waals surface area contributed by atoms with E-state index in [4.69, 9.17) is 5.84 Å². The van der Waals surface area contributed by atoms with Crippen molar-refractivity contribution in [3.05, 3.63) is 17.5 Å². The van der Waals surface area contributed by atoms with Crippen molar-refractivity contribution in [2.24, 2.45) is 23.6 Å².